The van der Waals surface area contributed by atoms with Gasteiger partial charge in [-0.2, -0.15) is 0 Å². The number of hydrogen-bond donors (Lipinski definition) is 0. The highest BCUT2D eigenvalue weighted by Gasteiger charge is 2.24. The Morgan fingerprint density at radius 1 is 0.875 bits per heavy atom. The second kappa shape index (κ2) is 10.1. The maximum atomic E-state index is 13.2. The molecule has 0 radical (unpaired) electrons. The number of para-hydroxylation sites is 1. The molecule has 0 aliphatic carbocycles. The van der Waals surface area contributed by atoms with Gasteiger partial charge in [-0.1, -0.05) is 48.5 Å². The van der Waals surface area contributed by atoms with Crippen molar-refractivity contribution in [3.05, 3.63) is 84.6 Å². The van der Waals surface area contributed by atoms with Gasteiger partial charge in [-0.05, 0) is 43.2 Å². The lowest BCUT2D eigenvalue weighted by Gasteiger charge is -2.24. The van der Waals surface area contributed by atoms with E-state index in [2.05, 4.69) is 39.0 Å². The van der Waals surface area contributed by atoms with Gasteiger partial charge in [-0.15, -0.1) is 0 Å². The highest BCUT2D eigenvalue weighted by atomic mass is 32.2. The summed E-state index contributed by atoms with van der Waals surface area (Å²) >= 11 is 0. The van der Waals surface area contributed by atoms with Gasteiger partial charge in [0.15, 0.2) is 0 Å². The van der Waals surface area contributed by atoms with E-state index in [9.17, 15) is 8.42 Å². The fourth-order valence-electron chi connectivity index (χ4n) is 4.12. The lowest BCUT2D eigenvalue weighted by Crippen LogP contribution is -2.32. The topological polar surface area (TPSA) is 56.8 Å². The van der Waals surface area contributed by atoms with E-state index in [0.29, 0.717) is 12.2 Å². The van der Waals surface area contributed by atoms with Crippen LogP contribution in [0.1, 0.15) is 18.9 Å². The summed E-state index contributed by atoms with van der Waals surface area (Å²) in [6, 6.07) is 23.2. The molecule has 0 saturated carbocycles. The smallest absolute Gasteiger partial charge is 0.265 e. The molecule has 32 heavy (non-hydrogen) atoms. The van der Waals surface area contributed by atoms with Crippen LogP contribution < -0.4 is 9.21 Å². The quantitative estimate of drug-likeness (QED) is 0.544. The highest BCUT2D eigenvalue weighted by Crippen LogP contribution is 2.24. The van der Waals surface area contributed by atoms with Crippen molar-refractivity contribution in [2.75, 3.05) is 41.9 Å². The molecule has 1 aromatic heterocycles. The number of aromatic nitrogens is 1. The van der Waals surface area contributed by atoms with Gasteiger partial charge in [0.25, 0.3) is 10.0 Å². The average molecular weight is 451 g/mol. The van der Waals surface area contributed by atoms with Crippen molar-refractivity contribution in [2.24, 2.45) is 0 Å². The van der Waals surface area contributed by atoms with Crippen molar-refractivity contribution in [2.45, 2.75) is 24.8 Å². The Morgan fingerprint density at radius 2 is 1.59 bits per heavy atom. The molecule has 4 rings (SSSR count). The Hall–Kier alpha value is -2.90. The van der Waals surface area contributed by atoms with Crippen molar-refractivity contribution in [3.8, 4) is 0 Å². The summed E-state index contributed by atoms with van der Waals surface area (Å²) in [6.45, 7) is 6.93. The minimum absolute atomic E-state index is 0.215. The molecule has 2 aromatic carbocycles. The molecule has 168 valence electrons. The molecular weight excluding hydrogens is 420 g/mol. The summed E-state index contributed by atoms with van der Waals surface area (Å²) in [5.41, 5.74) is 1.98. The number of rotatable bonds is 7. The Balaban J connectivity index is 1.44. The molecule has 1 fully saturated rings. The lowest BCUT2D eigenvalue weighted by atomic mass is 10.2. The van der Waals surface area contributed by atoms with Crippen LogP contribution in [-0.4, -0.2) is 51.0 Å². The van der Waals surface area contributed by atoms with Crippen LogP contribution in [0.5, 0.6) is 0 Å². The number of benzene rings is 2. The van der Waals surface area contributed by atoms with E-state index in [1.807, 2.05) is 37.3 Å². The Morgan fingerprint density at radius 3 is 2.25 bits per heavy atom. The maximum absolute atomic E-state index is 13.2. The van der Waals surface area contributed by atoms with Crippen molar-refractivity contribution in [1.82, 2.24) is 9.88 Å². The summed E-state index contributed by atoms with van der Waals surface area (Å²) < 4.78 is 27.8. The largest absolute Gasteiger partial charge is 0.355 e. The zero-order valence-corrected chi connectivity index (χ0v) is 19.3. The third-order valence-electron chi connectivity index (χ3n) is 5.80. The Bertz CT molecular complexity index is 1090. The molecule has 0 bridgehead atoms. The molecule has 1 saturated heterocycles. The van der Waals surface area contributed by atoms with E-state index in [1.54, 1.807) is 18.2 Å². The third kappa shape index (κ3) is 5.11. The van der Waals surface area contributed by atoms with Crippen molar-refractivity contribution < 1.29 is 8.42 Å². The van der Waals surface area contributed by atoms with Crippen LogP contribution in [0.4, 0.5) is 11.5 Å². The van der Waals surface area contributed by atoms with Crippen LogP contribution in [0.15, 0.2) is 83.9 Å². The lowest BCUT2D eigenvalue weighted by molar-refractivity contribution is 0.285. The highest BCUT2D eigenvalue weighted by molar-refractivity contribution is 7.92. The SMILES string of the molecule is CCN(c1ccccc1)S(=O)(=O)c1ccc(N2CCCN(Cc3ccccc3)CC2)nc1. The molecule has 3 aromatic rings. The van der Waals surface area contributed by atoms with E-state index in [0.717, 1.165) is 45.0 Å². The molecule has 0 N–H and O–H groups in total. The monoisotopic (exact) mass is 450 g/mol. The first-order valence-electron chi connectivity index (χ1n) is 11.1. The van der Waals surface area contributed by atoms with Crippen LogP contribution in [0.3, 0.4) is 0 Å². The zero-order valence-electron chi connectivity index (χ0n) is 18.5. The van der Waals surface area contributed by atoms with E-state index >= 15 is 0 Å². The van der Waals surface area contributed by atoms with Crippen LogP contribution in [0.2, 0.25) is 0 Å². The standard InChI is InChI=1S/C25H30N4O2S/c1-2-29(23-12-7-4-8-13-23)32(30,31)24-14-15-25(26-20-24)28-17-9-16-27(18-19-28)21-22-10-5-3-6-11-22/h3-8,10-15,20H,2,9,16-19,21H2,1H3. The molecule has 2 heterocycles. The number of pyridine rings is 1. The predicted octanol–water partition coefficient (Wildman–Crippen LogP) is 4.01. The van der Waals surface area contributed by atoms with Crippen molar-refractivity contribution in [3.63, 3.8) is 0 Å². The van der Waals surface area contributed by atoms with Crippen LogP contribution in [0, 0.1) is 0 Å². The second-order valence-electron chi connectivity index (χ2n) is 7.96. The molecule has 1 aliphatic rings. The summed E-state index contributed by atoms with van der Waals surface area (Å²) in [5.74, 6) is 0.827. The minimum Gasteiger partial charge on any atom is -0.355 e. The molecule has 6 nitrogen and oxygen atoms in total. The van der Waals surface area contributed by atoms with Gasteiger partial charge in [0, 0.05) is 45.5 Å². The molecule has 0 atom stereocenters. The van der Waals surface area contributed by atoms with Gasteiger partial charge in [0.05, 0.1) is 5.69 Å². The fourth-order valence-corrected chi connectivity index (χ4v) is 5.54. The summed E-state index contributed by atoms with van der Waals surface area (Å²) in [7, 11) is -3.66. The zero-order chi connectivity index (χ0) is 22.4. The third-order valence-corrected chi connectivity index (χ3v) is 7.69. The van der Waals surface area contributed by atoms with Gasteiger partial charge in [0.2, 0.25) is 0 Å². The Labute approximate surface area is 191 Å². The first-order chi connectivity index (χ1) is 15.6. The molecule has 7 heteroatoms. The Kier molecular flexibility index (Phi) is 7.07. The molecule has 0 amide bonds. The number of hydrogen-bond acceptors (Lipinski definition) is 5. The van der Waals surface area contributed by atoms with Crippen LogP contribution >= 0.6 is 0 Å². The van der Waals surface area contributed by atoms with E-state index < -0.39 is 10.0 Å². The van der Waals surface area contributed by atoms with Crippen LogP contribution in [0.25, 0.3) is 0 Å². The molecule has 0 spiro atoms. The van der Waals surface area contributed by atoms with E-state index in [1.165, 1.54) is 16.1 Å². The van der Waals surface area contributed by atoms with Crippen molar-refractivity contribution in [1.29, 1.82) is 0 Å². The second-order valence-corrected chi connectivity index (χ2v) is 9.82. The summed E-state index contributed by atoms with van der Waals surface area (Å²) in [4.78, 5) is 9.46. The first-order valence-corrected chi connectivity index (χ1v) is 12.6. The van der Waals surface area contributed by atoms with Gasteiger partial charge in [0.1, 0.15) is 10.7 Å². The van der Waals surface area contributed by atoms with Crippen LogP contribution in [-0.2, 0) is 16.6 Å². The number of anilines is 2. The molecule has 1 aliphatic heterocycles. The normalized spacial score (nSPS) is 15.3. The molecule has 0 unspecified atom stereocenters. The van der Waals surface area contributed by atoms with Gasteiger partial charge < -0.3 is 4.90 Å². The summed E-state index contributed by atoms with van der Waals surface area (Å²) in [6.07, 6.45) is 2.54. The van der Waals surface area contributed by atoms with Gasteiger partial charge >= 0.3 is 0 Å². The maximum Gasteiger partial charge on any atom is 0.265 e. The van der Waals surface area contributed by atoms with Gasteiger partial charge in [-0.3, -0.25) is 9.21 Å². The van der Waals surface area contributed by atoms with E-state index in [4.69, 9.17) is 0 Å². The average Bonchev–Trinajstić information content (AvgIpc) is 3.06. The number of nitrogens with zero attached hydrogens (tertiary/aromatic N) is 4. The minimum atomic E-state index is -3.66. The number of sulfonamides is 1. The molecular formula is C25H30N4O2S. The first kappa shape index (κ1) is 22.3. The fraction of sp³-hybridized carbons (Fsp3) is 0.320. The predicted molar refractivity (Wildman–Crippen MR) is 129 cm³/mol. The van der Waals surface area contributed by atoms with Gasteiger partial charge in [-0.25, -0.2) is 13.4 Å². The van der Waals surface area contributed by atoms with E-state index in [-0.39, 0.29) is 4.90 Å². The van der Waals surface area contributed by atoms with Crippen molar-refractivity contribution >= 4 is 21.5 Å². The summed E-state index contributed by atoms with van der Waals surface area (Å²) in [5, 5.41) is 0.